The first kappa shape index (κ1) is 5.49. The Kier molecular flexibility index (Phi) is 2.49. The highest BCUT2D eigenvalue weighted by atomic mass is 16.5. The van der Waals surface area contributed by atoms with Crippen LogP contribution in [0.15, 0.2) is 0 Å². The van der Waals surface area contributed by atoms with Crippen molar-refractivity contribution >= 4 is 14.0 Å². The van der Waals surface area contributed by atoms with E-state index in [-0.39, 0.29) is 6.54 Å². The zero-order valence-corrected chi connectivity index (χ0v) is 3.18. The van der Waals surface area contributed by atoms with Gasteiger partial charge < -0.3 is 10.4 Å². The van der Waals surface area contributed by atoms with Crippen LogP contribution in [0.3, 0.4) is 0 Å². The van der Waals surface area contributed by atoms with E-state index in [1.807, 2.05) is 0 Å². The summed E-state index contributed by atoms with van der Waals surface area (Å²) in [4.78, 5) is 9.71. The van der Waals surface area contributed by atoms with Gasteiger partial charge in [0.05, 0.1) is 6.54 Å². The van der Waals surface area contributed by atoms with Crippen LogP contribution in [0.4, 0.5) is 0 Å². The molecule has 4 heteroatoms. The molecule has 32 valence electrons. The Morgan fingerprint density at radius 2 is 2.50 bits per heavy atom. The molecular weight excluding hydrogens is 80.8 g/mol. The van der Waals surface area contributed by atoms with E-state index >= 15 is 0 Å². The molecule has 0 aliphatic carbocycles. The van der Waals surface area contributed by atoms with Crippen LogP contribution in [-0.2, 0) is 9.45 Å². The minimum absolute atomic E-state index is 0.156. The predicted molar refractivity (Wildman–Crippen MR) is 20.9 cm³/mol. The first-order valence-electron chi connectivity index (χ1n) is 1.41. The summed E-state index contributed by atoms with van der Waals surface area (Å²) in [6.07, 6.45) is 0. The van der Waals surface area contributed by atoms with E-state index in [0.717, 1.165) is 0 Å². The second-order valence-corrected chi connectivity index (χ2v) is 0.694. The average Bonchev–Trinajstić information content (AvgIpc) is 1.65. The maximum absolute atomic E-state index is 9.71. The Labute approximate surface area is 36.9 Å². The Hall–Kier alpha value is -0.505. The van der Waals surface area contributed by atoms with Crippen LogP contribution in [0.25, 0.3) is 0 Å². The Morgan fingerprint density at radius 3 is 2.50 bits per heavy atom. The number of carbonyl (C=O) groups is 1. The molecule has 2 N–H and O–H groups in total. The van der Waals surface area contributed by atoms with Crippen LogP contribution in [0.1, 0.15) is 0 Å². The van der Waals surface area contributed by atoms with Gasteiger partial charge in [-0.1, -0.05) is 0 Å². The molecule has 0 aromatic rings. The van der Waals surface area contributed by atoms with E-state index in [1.165, 1.54) is 0 Å². The normalized spacial score (nSPS) is 7.50. The fraction of sp³-hybridized carbons (Fsp3) is 0.500. The van der Waals surface area contributed by atoms with Crippen molar-refractivity contribution in [1.82, 2.24) is 0 Å². The van der Waals surface area contributed by atoms with E-state index < -0.39 is 5.97 Å². The van der Waals surface area contributed by atoms with Crippen molar-refractivity contribution in [3.63, 3.8) is 0 Å². The van der Waals surface area contributed by atoms with Crippen molar-refractivity contribution in [2.24, 2.45) is 5.73 Å². The monoisotopic (exact) mass is 85.0 g/mol. The van der Waals surface area contributed by atoms with Crippen molar-refractivity contribution in [2.45, 2.75) is 0 Å². The standard InChI is InChI=1S/C2H4BNO2/c3-6-2(5)1-4/h1,4H2. The number of hydrogen-bond acceptors (Lipinski definition) is 3. The minimum Gasteiger partial charge on any atom is -0.542 e. The topological polar surface area (TPSA) is 52.3 Å². The minimum atomic E-state index is -0.602. The second-order valence-electron chi connectivity index (χ2n) is 0.694. The van der Waals surface area contributed by atoms with Crippen molar-refractivity contribution in [3.05, 3.63) is 0 Å². The molecule has 0 saturated carbocycles. The molecule has 0 heterocycles. The van der Waals surface area contributed by atoms with Crippen LogP contribution < -0.4 is 5.73 Å². The van der Waals surface area contributed by atoms with Crippen molar-refractivity contribution in [2.75, 3.05) is 6.54 Å². The predicted octanol–water partition coefficient (Wildman–Crippen LogP) is -1.43. The summed E-state index contributed by atoms with van der Waals surface area (Å²) in [5.74, 6) is -0.602. The number of rotatable bonds is 1. The number of carbonyl (C=O) groups excluding carboxylic acids is 1. The van der Waals surface area contributed by atoms with Crippen LogP contribution >= 0.6 is 0 Å². The van der Waals surface area contributed by atoms with Crippen LogP contribution in [-0.4, -0.2) is 20.6 Å². The fourth-order valence-corrected chi connectivity index (χ4v) is 0.0481. The Balaban J connectivity index is 2.99. The largest absolute Gasteiger partial charge is 0.542 e. The summed E-state index contributed by atoms with van der Waals surface area (Å²) < 4.78 is 3.64. The maximum atomic E-state index is 9.71. The summed E-state index contributed by atoms with van der Waals surface area (Å²) in [6, 6.07) is 0. The molecule has 0 saturated heterocycles. The fourth-order valence-electron chi connectivity index (χ4n) is 0.0481. The first-order chi connectivity index (χ1) is 2.81. The maximum Gasteiger partial charge on any atom is 0.378 e. The third-order valence-corrected chi connectivity index (χ3v) is 0.298. The number of hydrogen-bond donors (Lipinski definition) is 1. The SMILES string of the molecule is [B]OC(=O)CN. The summed E-state index contributed by atoms with van der Waals surface area (Å²) >= 11 is 0. The Morgan fingerprint density at radius 1 is 2.00 bits per heavy atom. The molecule has 0 aromatic heterocycles. The first-order valence-corrected chi connectivity index (χ1v) is 1.41. The van der Waals surface area contributed by atoms with Gasteiger partial charge in [0.1, 0.15) is 0 Å². The molecule has 0 amide bonds. The smallest absolute Gasteiger partial charge is 0.378 e. The van der Waals surface area contributed by atoms with Gasteiger partial charge in [-0.2, -0.15) is 0 Å². The third kappa shape index (κ3) is 1.78. The van der Waals surface area contributed by atoms with Crippen molar-refractivity contribution in [3.8, 4) is 0 Å². The molecular formula is C2H4BNO2. The van der Waals surface area contributed by atoms with Gasteiger partial charge in [-0.3, -0.25) is 4.79 Å². The van der Waals surface area contributed by atoms with Crippen LogP contribution in [0.5, 0.6) is 0 Å². The lowest BCUT2D eigenvalue weighted by molar-refractivity contribution is -0.132. The molecule has 3 nitrogen and oxygen atoms in total. The van der Waals surface area contributed by atoms with E-state index in [2.05, 4.69) is 12.7 Å². The quantitative estimate of drug-likeness (QED) is 0.397. The molecule has 0 aliphatic rings. The van der Waals surface area contributed by atoms with Crippen LogP contribution in [0.2, 0.25) is 0 Å². The van der Waals surface area contributed by atoms with Crippen molar-refractivity contribution in [1.29, 1.82) is 0 Å². The van der Waals surface area contributed by atoms with Gasteiger partial charge in [0.25, 0.3) is 0 Å². The van der Waals surface area contributed by atoms with E-state index in [4.69, 9.17) is 5.73 Å². The lowest BCUT2D eigenvalue weighted by Crippen LogP contribution is -2.14. The van der Waals surface area contributed by atoms with Gasteiger partial charge in [0.15, 0.2) is 0 Å². The molecule has 0 unspecified atom stereocenters. The lowest BCUT2D eigenvalue weighted by atomic mass is 10.5. The highest BCUT2D eigenvalue weighted by Gasteiger charge is 1.87. The van der Waals surface area contributed by atoms with Gasteiger partial charge in [-0.15, -0.1) is 0 Å². The average molecular weight is 84.9 g/mol. The van der Waals surface area contributed by atoms with Gasteiger partial charge in [0, 0.05) is 0 Å². The second kappa shape index (κ2) is 2.72. The zero-order valence-electron chi connectivity index (χ0n) is 3.18. The van der Waals surface area contributed by atoms with Crippen molar-refractivity contribution < 1.29 is 9.45 Å². The molecule has 0 rings (SSSR count). The third-order valence-electron chi connectivity index (χ3n) is 0.298. The summed E-state index contributed by atoms with van der Waals surface area (Å²) in [5.41, 5.74) is 4.73. The number of nitrogens with two attached hydrogens (primary N) is 1. The van der Waals surface area contributed by atoms with E-state index in [0.29, 0.717) is 0 Å². The van der Waals surface area contributed by atoms with Gasteiger partial charge >= 0.3 is 14.0 Å². The van der Waals surface area contributed by atoms with Gasteiger partial charge in [-0.05, 0) is 0 Å². The molecule has 6 heavy (non-hydrogen) atoms. The molecule has 0 aliphatic heterocycles. The summed E-state index contributed by atoms with van der Waals surface area (Å²) in [6.45, 7) is -0.156. The van der Waals surface area contributed by atoms with Gasteiger partial charge in [-0.25, -0.2) is 0 Å². The summed E-state index contributed by atoms with van der Waals surface area (Å²) in [7, 11) is 4.35. The molecule has 0 fully saturated rings. The molecule has 0 aromatic carbocycles. The zero-order chi connectivity index (χ0) is 4.99. The lowest BCUT2D eigenvalue weighted by Gasteiger charge is -1.88. The summed E-state index contributed by atoms with van der Waals surface area (Å²) in [5, 5.41) is 0. The molecule has 0 bridgehead atoms. The molecule has 2 radical (unpaired) electrons. The highest BCUT2D eigenvalue weighted by molar-refractivity contribution is 6.05. The molecule has 0 atom stereocenters. The molecule has 0 spiro atoms. The van der Waals surface area contributed by atoms with Gasteiger partial charge in [0.2, 0.25) is 0 Å². The van der Waals surface area contributed by atoms with E-state index in [1.54, 1.807) is 0 Å². The van der Waals surface area contributed by atoms with E-state index in [9.17, 15) is 4.79 Å². The highest BCUT2D eigenvalue weighted by Crippen LogP contribution is 1.59. The van der Waals surface area contributed by atoms with Crippen LogP contribution in [0, 0.1) is 0 Å². The Bertz CT molecular complexity index is 49.5.